The van der Waals surface area contributed by atoms with E-state index in [-0.39, 0.29) is 16.7 Å². The first-order chi connectivity index (χ1) is 9.95. The number of halogens is 1. The van der Waals surface area contributed by atoms with Crippen LogP contribution in [-0.4, -0.2) is 11.0 Å². The Bertz CT molecular complexity index is 641. The van der Waals surface area contributed by atoms with E-state index < -0.39 is 0 Å². The largest absolute Gasteiger partial charge is 0.382 e. The molecule has 0 amide bonds. The van der Waals surface area contributed by atoms with Crippen molar-refractivity contribution < 1.29 is 4.92 Å². The maximum absolute atomic E-state index is 10.8. The van der Waals surface area contributed by atoms with Crippen LogP contribution >= 0.6 is 11.6 Å². The Morgan fingerprint density at radius 2 is 1.90 bits per heavy atom. The van der Waals surface area contributed by atoms with Crippen LogP contribution in [0.3, 0.4) is 0 Å². The summed E-state index contributed by atoms with van der Waals surface area (Å²) < 4.78 is 0. The highest BCUT2D eigenvalue weighted by Gasteiger charge is 2.11. The highest BCUT2D eigenvalue weighted by Crippen LogP contribution is 2.22. The molecule has 0 bridgehead atoms. The van der Waals surface area contributed by atoms with Gasteiger partial charge in [0.15, 0.2) is 0 Å². The number of benzene rings is 2. The molecule has 0 aliphatic heterocycles. The average Bonchev–Trinajstić information content (AvgIpc) is 2.41. The van der Waals surface area contributed by atoms with Crippen LogP contribution in [0.15, 0.2) is 42.5 Å². The van der Waals surface area contributed by atoms with Crippen molar-refractivity contribution in [1.29, 1.82) is 0 Å². The van der Waals surface area contributed by atoms with Crippen LogP contribution in [0, 0.1) is 17.0 Å². The van der Waals surface area contributed by atoms with Crippen molar-refractivity contribution in [1.82, 2.24) is 0 Å². The number of hydrogen-bond donors (Lipinski definition) is 1. The Kier molecular flexibility index (Phi) is 4.81. The van der Waals surface area contributed by atoms with E-state index in [1.807, 2.05) is 24.3 Å². The third-order valence-electron chi connectivity index (χ3n) is 3.26. The van der Waals surface area contributed by atoms with Crippen molar-refractivity contribution >= 4 is 23.0 Å². The second-order valence-electron chi connectivity index (χ2n) is 5.13. The molecule has 0 aliphatic carbocycles. The van der Waals surface area contributed by atoms with E-state index in [0.29, 0.717) is 5.56 Å². The van der Waals surface area contributed by atoms with E-state index in [1.54, 1.807) is 19.1 Å². The van der Waals surface area contributed by atoms with Gasteiger partial charge in [-0.1, -0.05) is 23.7 Å². The van der Waals surface area contributed by atoms with Crippen molar-refractivity contribution in [2.24, 2.45) is 0 Å². The van der Waals surface area contributed by atoms with Gasteiger partial charge in [-0.2, -0.15) is 0 Å². The molecule has 1 N–H and O–H groups in total. The predicted octanol–water partition coefficient (Wildman–Crippen LogP) is 4.60. The Labute approximate surface area is 128 Å². The first-order valence-corrected chi connectivity index (χ1v) is 7.09. The zero-order chi connectivity index (χ0) is 15.4. The molecule has 4 nitrogen and oxygen atoms in total. The van der Waals surface area contributed by atoms with Gasteiger partial charge in [-0.05, 0) is 50.1 Å². The van der Waals surface area contributed by atoms with E-state index in [4.69, 9.17) is 11.6 Å². The van der Waals surface area contributed by atoms with Crippen LogP contribution in [-0.2, 0) is 6.42 Å². The number of nitro groups is 1. The van der Waals surface area contributed by atoms with Gasteiger partial charge >= 0.3 is 0 Å². The van der Waals surface area contributed by atoms with Crippen LogP contribution in [0.5, 0.6) is 0 Å². The second kappa shape index (κ2) is 6.59. The van der Waals surface area contributed by atoms with E-state index in [9.17, 15) is 10.1 Å². The summed E-state index contributed by atoms with van der Waals surface area (Å²) in [6, 6.07) is 13.0. The minimum Gasteiger partial charge on any atom is -0.382 e. The lowest BCUT2D eigenvalue weighted by atomic mass is 10.1. The number of nitrogens with one attached hydrogen (secondary N) is 1. The van der Waals surface area contributed by atoms with Crippen molar-refractivity contribution in [3.05, 3.63) is 68.7 Å². The third kappa shape index (κ3) is 4.20. The lowest BCUT2D eigenvalue weighted by Gasteiger charge is -2.16. The molecule has 2 rings (SSSR count). The SMILES string of the molecule is Cc1cc(NC(C)Cc2ccc(Cl)cc2)ccc1[N+](=O)[O-]. The summed E-state index contributed by atoms with van der Waals surface area (Å²) in [7, 11) is 0. The van der Waals surface area contributed by atoms with E-state index in [0.717, 1.165) is 17.1 Å². The number of nitrogens with zero attached hydrogens (tertiary/aromatic N) is 1. The molecular formula is C16H17ClN2O2. The molecule has 0 heterocycles. The van der Waals surface area contributed by atoms with Gasteiger partial charge in [0.2, 0.25) is 0 Å². The Balaban J connectivity index is 2.02. The third-order valence-corrected chi connectivity index (χ3v) is 3.51. The van der Waals surface area contributed by atoms with Gasteiger partial charge < -0.3 is 5.32 Å². The zero-order valence-electron chi connectivity index (χ0n) is 12.0. The molecule has 0 saturated heterocycles. The molecule has 2 aromatic rings. The van der Waals surface area contributed by atoms with Gasteiger partial charge in [-0.3, -0.25) is 10.1 Å². The summed E-state index contributed by atoms with van der Waals surface area (Å²) in [5, 5.41) is 14.9. The first kappa shape index (κ1) is 15.3. The standard InChI is InChI=1S/C16H17ClN2O2/c1-11-9-15(7-8-16(11)19(20)21)18-12(2)10-13-3-5-14(17)6-4-13/h3-9,12,18H,10H2,1-2H3. The average molecular weight is 305 g/mol. The number of nitro benzene ring substituents is 1. The molecular weight excluding hydrogens is 288 g/mol. The van der Waals surface area contributed by atoms with Gasteiger partial charge in [-0.15, -0.1) is 0 Å². The Hall–Kier alpha value is -2.07. The molecule has 0 spiro atoms. The van der Waals surface area contributed by atoms with Gasteiger partial charge in [0, 0.05) is 28.4 Å². The maximum Gasteiger partial charge on any atom is 0.272 e. The van der Waals surface area contributed by atoms with Gasteiger partial charge in [-0.25, -0.2) is 0 Å². The molecule has 0 aliphatic rings. The number of anilines is 1. The van der Waals surface area contributed by atoms with Crippen molar-refractivity contribution in [3.63, 3.8) is 0 Å². The fraction of sp³-hybridized carbons (Fsp3) is 0.250. The van der Waals surface area contributed by atoms with Crippen molar-refractivity contribution in [3.8, 4) is 0 Å². The number of rotatable bonds is 5. The minimum atomic E-state index is -0.365. The van der Waals surface area contributed by atoms with Crippen LogP contribution in [0.25, 0.3) is 0 Å². The summed E-state index contributed by atoms with van der Waals surface area (Å²) in [5.41, 5.74) is 2.88. The maximum atomic E-state index is 10.8. The minimum absolute atomic E-state index is 0.144. The predicted molar refractivity (Wildman–Crippen MR) is 86.1 cm³/mol. The first-order valence-electron chi connectivity index (χ1n) is 6.71. The molecule has 2 aromatic carbocycles. The molecule has 110 valence electrons. The molecule has 21 heavy (non-hydrogen) atoms. The van der Waals surface area contributed by atoms with Crippen LogP contribution in [0.4, 0.5) is 11.4 Å². The summed E-state index contributed by atoms with van der Waals surface area (Å²) in [5.74, 6) is 0. The lowest BCUT2D eigenvalue weighted by Crippen LogP contribution is -2.18. The summed E-state index contributed by atoms with van der Waals surface area (Å²) in [6.07, 6.45) is 0.854. The number of aryl methyl sites for hydroxylation is 1. The zero-order valence-corrected chi connectivity index (χ0v) is 12.7. The normalized spacial score (nSPS) is 12.0. The summed E-state index contributed by atoms with van der Waals surface area (Å²) in [6.45, 7) is 3.82. The molecule has 0 fully saturated rings. The fourth-order valence-corrected chi connectivity index (χ4v) is 2.39. The summed E-state index contributed by atoms with van der Waals surface area (Å²) in [4.78, 5) is 10.4. The highest BCUT2D eigenvalue weighted by atomic mass is 35.5. The van der Waals surface area contributed by atoms with Crippen molar-refractivity contribution in [2.45, 2.75) is 26.3 Å². The van der Waals surface area contributed by atoms with Gasteiger partial charge in [0.05, 0.1) is 4.92 Å². The van der Waals surface area contributed by atoms with E-state index >= 15 is 0 Å². The van der Waals surface area contributed by atoms with Gasteiger partial charge in [0.25, 0.3) is 5.69 Å². The van der Waals surface area contributed by atoms with E-state index in [1.165, 1.54) is 11.6 Å². The summed E-state index contributed by atoms with van der Waals surface area (Å²) >= 11 is 5.87. The second-order valence-corrected chi connectivity index (χ2v) is 5.57. The van der Waals surface area contributed by atoms with Crippen LogP contribution in [0.1, 0.15) is 18.1 Å². The molecule has 5 heteroatoms. The van der Waals surface area contributed by atoms with Crippen LogP contribution in [0.2, 0.25) is 5.02 Å². The monoisotopic (exact) mass is 304 g/mol. The van der Waals surface area contributed by atoms with Gasteiger partial charge in [0.1, 0.15) is 0 Å². The molecule has 0 radical (unpaired) electrons. The smallest absolute Gasteiger partial charge is 0.272 e. The molecule has 0 aromatic heterocycles. The molecule has 1 atom stereocenters. The fourth-order valence-electron chi connectivity index (χ4n) is 2.26. The number of hydrogen-bond acceptors (Lipinski definition) is 3. The van der Waals surface area contributed by atoms with E-state index in [2.05, 4.69) is 12.2 Å². The highest BCUT2D eigenvalue weighted by molar-refractivity contribution is 6.30. The van der Waals surface area contributed by atoms with Crippen molar-refractivity contribution in [2.75, 3.05) is 5.32 Å². The quantitative estimate of drug-likeness (QED) is 0.649. The Morgan fingerprint density at radius 3 is 2.48 bits per heavy atom. The molecule has 1 unspecified atom stereocenters. The Morgan fingerprint density at radius 1 is 1.24 bits per heavy atom. The lowest BCUT2D eigenvalue weighted by molar-refractivity contribution is -0.385. The van der Waals surface area contributed by atoms with Crippen LogP contribution < -0.4 is 5.32 Å². The molecule has 0 saturated carbocycles. The topological polar surface area (TPSA) is 55.2 Å².